The Kier molecular flexibility index (Phi) is 3.13. The molecule has 2 aromatic heterocycles. The molecule has 1 aliphatic rings. The normalized spacial score (nSPS) is 23.6. The lowest BCUT2D eigenvalue weighted by atomic mass is 9.97. The van der Waals surface area contributed by atoms with Gasteiger partial charge in [0.15, 0.2) is 5.65 Å². The Morgan fingerprint density at radius 3 is 2.70 bits per heavy atom. The standard InChI is InChI=1S/C12H12ClF3N4/c1-6-3-17-4-8(6)10-18-19-11-9(13)2-7(5-20(10)11)12(14,15)16/h2,5-6,8,17H,3-4H2,1H3. The van der Waals surface area contributed by atoms with E-state index < -0.39 is 11.7 Å². The molecular formula is C12H12ClF3N4. The second-order valence-corrected chi connectivity index (χ2v) is 5.48. The molecule has 2 atom stereocenters. The molecule has 8 heteroatoms. The summed E-state index contributed by atoms with van der Waals surface area (Å²) in [6, 6.07) is 0.881. The van der Waals surface area contributed by atoms with Gasteiger partial charge in [-0.25, -0.2) is 0 Å². The molecule has 3 heterocycles. The zero-order valence-corrected chi connectivity index (χ0v) is 11.3. The predicted molar refractivity (Wildman–Crippen MR) is 67.8 cm³/mol. The molecule has 2 unspecified atom stereocenters. The summed E-state index contributed by atoms with van der Waals surface area (Å²) in [4.78, 5) is 0. The Labute approximate surface area is 117 Å². The Bertz CT molecular complexity index is 652. The van der Waals surface area contributed by atoms with Gasteiger partial charge in [0.05, 0.1) is 10.6 Å². The number of fused-ring (bicyclic) bond motifs is 1. The van der Waals surface area contributed by atoms with Gasteiger partial charge < -0.3 is 5.32 Å². The molecule has 3 rings (SSSR count). The maximum Gasteiger partial charge on any atom is 0.417 e. The average Bonchev–Trinajstić information content (AvgIpc) is 2.93. The molecule has 0 aliphatic carbocycles. The summed E-state index contributed by atoms with van der Waals surface area (Å²) in [5.41, 5.74) is -0.538. The van der Waals surface area contributed by atoms with Crippen molar-refractivity contribution in [3.8, 4) is 0 Å². The zero-order valence-electron chi connectivity index (χ0n) is 10.6. The number of aromatic nitrogens is 3. The van der Waals surface area contributed by atoms with Crippen molar-refractivity contribution in [3.63, 3.8) is 0 Å². The number of nitrogens with zero attached hydrogens (tertiary/aromatic N) is 3. The first-order valence-electron chi connectivity index (χ1n) is 6.20. The van der Waals surface area contributed by atoms with Gasteiger partial charge in [0, 0.05) is 18.7 Å². The van der Waals surface area contributed by atoms with Crippen molar-refractivity contribution < 1.29 is 13.2 Å². The monoisotopic (exact) mass is 304 g/mol. The fourth-order valence-corrected chi connectivity index (χ4v) is 2.78. The minimum atomic E-state index is -4.45. The maximum absolute atomic E-state index is 12.9. The van der Waals surface area contributed by atoms with Gasteiger partial charge in [-0.2, -0.15) is 13.2 Å². The minimum Gasteiger partial charge on any atom is -0.316 e. The summed E-state index contributed by atoms with van der Waals surface area (Å²) in [6.45, 7) is 3.52. The average molecular weight is 305 g/mol. The molecule has 0 saturated carbocycles. The van der Waals surface area contributed by atoms with Crippen molar-refractivity contribution in [1.82, 2.24) is 19.9 Å². The van der Waals surface area contributed by atoms with Gasteiger partial charge in [-0.1, -0.05) is 18.5 Å². The van der Waals surface area contributed by atoms with Crippen LogP contribution in [0.15, 0.2) is 12.3 Å². The first-order valence-corrected chi connectivity index (χ1v) is 6.58. The predicted octanol–water partition coefficient (Wildman–Crippen LogP) is 2.72. The fraction of sp³-hybridized carbons (Fsp3) is 0.500. The van der Waals surface area contributed by atoms with Crippen molar-refractivity contribution >= 4 is 17.2 Å². The number of rotatable bonds is 1. The van der Waals surface area contributed by atoms with E-state index in [0.717, 1.165) is 18.8 Å². The summed E-state index contributed by atoms with van der Waals surface area (Å²) < 4.78 is 39.9. The van der Waals surface area contributed by atoms with Crippen LogP contribution in [0.1, 0.15) is 24.2 Å². The lowest BCUT2D eigenvalue weighted by Gasteiger charge is -2.13. The highest BCUT2D eigenvalue weighted by atomic mass is 35.5. The molecule has 1 saturated heterocycles. The van der Waals surface area contributed by atoms with Crippen molar-refractivity contribution in [1.29, 1.82) is 0 Å². The van der Waals surface area contributed by atoms with Gasteiger partial charge in [0.25, 0.3) is 0 Å². The quantitative estimate of drug-likeness (QED) is 0.881. The van der Waals surface area contributed by atoms with Crippen LogP contribution < -0.4 is 5.32 Å². The van der Waals surface area contributed by atoms with Gasteiger partial charge in [-0.05, 0) is 18.5 Å². The topological polar surface area (TPSA) is 42.2 Å². The molecule has 4 nitrogen and oxygen atoms in total. The van der Waals surface area contributed by atoms with Gasteiger partial charge in [0.1, 0.15) is 5.82 Å². The number of alkyl halides is 3. The molecule has 1 fully saturated rings. The number of halogens is 4. The van der Waals surface area contributed by atoms with Crippen LogP contribution in [0.25, 0.3) is 5.65 Å². The lowest BCUT2D eigenvalue weighted by molar-refractivity contribution is -0.137. The molecule has 1 N–H and O–H groups in total. The third-order valence-corrected chi connectivity index (χ3v) is 3.94. The largest absolute Gasteiger partial charge is 0.417 e. The fourth-order valence-electron chi connectivity index (χ4n) is 2.53. The van der Waals surface area contributed by atoms with Crippen LogP contribution in [0, 0.1) is 5.92 Å². The van der Waals surface area contributed by atoms with E-state index in [0.29, 0.717) is 12.4 Å². The van der Waals surface area contributed by atoms with Crippen molar-refractivity contribution in [2.24, 2.45) is 5.92 Å². The minimum absolute atomic E-state index is 0.0320. The van der Waals surface area contributed by atoms with E-state index in [9.17, 15) is 13.2 Å². The van der Waals surface area contributed by atoms with Crippen LogP contribution in [0.2, 0.25) is 5.02 Å². The Morgan fingerprint density at radius 1 is 1.35 bits per heavy atom. The van der Waals surface area contributed by atoms with E-state index in [1.807, 2.05) is 6.92 Å². The first-order chi connectivity index (χ1) is 9.38. The third kappa shape index (κ3) is 2.14. The second-order valence-electron chi connectivity index (χ2n) is 5.07. The molecule has 1 aliphatic heterocycles. The van der Waals surface area contributed by atoms with Gasteiger partial charge >= 0.3 is 6.18 Å². The summed E-state index contributed by atoms with van der Waals surface area (Å²) in [7, 11) is 0. The third-order valence-electron chi connectivity index (χ3n) is 3.66. The van der Waals surface area contributed by atoms with Crippen LogP contribution in [0.5, 0.6) is 0 Å². The zero-order chi connectivity index (χ0) is 14.5. The molecule has 108 valence electrons. The highest BCUT2D eigenvalue weighted by molar-refractivity contribution is 6.33. The van der Waals surface area contributed by atoms with Crippen LogP contribution in [0.4, 0.5) is 13.2 Å². The SMILES string of the molecule is CC1CNCC1c1nnc2c(Cl)cc(C(F)(F)F)cn12. The summed E-state index contributed by atoms with van der Waals surface area (Å²) in [5, 5.41) is 11.1. The molecule has 0 bridgehead atoms. The van der Waals surface area contributed by atoms with E-state index >= 15 is 0 Å². The molecule has 0 radical (unpaired) electrons. The van der Waals surface area contributed by atoms with E-state index in [-0.39, 0.29) is 22.5 Å². The molecule has 2 aromatic rings. The van der Waals surface area contributed by atoms with Crippen molar-refractivity contribution in [2.45, 2.75) is 19.0 Å². The summed E-state index contributed by atoms with van der Waals surface area (Å²) in [6.07, 6.45) is -3.43. The van der Waals surface area contributed by atoms with Crippen molar-refractivity contribution in [3.05, 3.63) is 28.7 Å². The summed E-state index contributed by atoms with van der Waals surface area (Å²) >= 11 is 5.89. The molecular weight excluding hydrogens is 293 g/mol. The molecule has 0 aromatic carbocycles. The highest BCUT2D eigenvalue weighted by Gasteiger charge is 2.34. The van der Waals surface area contributed by atoms with Crippen LogP contribution in [-0.2, 0) is 6.18 Å². The number of hydrogen-bond acceptors (Lipinski definition) is 3. The Hall–Kier alpha value is -1.34. The van der Waals surface area contributed by atoms with Crippen LogP contribution in [-0.4, -0.2) is 27.7 Å². The van der Waals surface area contributed by atoms with Gasteiger partial charge in [-0.3, -0.25) is 4.40 Å². The number of hydrogen-bond donors (Lipinski definition) is 1. The molecule has 0 amide bonds. The van der Waals surface area contributed by atoms with Crippen molar-refractivity contribution in [2.75, 3.05) is 13.1 Å². The van der Waals surface area contributed by atoms with E-state index in [1.54, 1.807) is 0 Å². The Balaban J connectivity index is 2.17. The van der Waals surface area contributed by atoms with Gasteiger partial charge in [0.2, 0.25) is 0 Å². The van der Waals surface area contributed by atoms with Crippen LogP contribution >= 0.6 is 11.6 Å². The van der Waals surface area contributed by atoms with E-state index in [4.69, 9.17) is 11.6 Å². The first kappa shape index (κ1) is 13.6. The Morgan fingerprint density at radius 2 is 2.10 bits per heavy atom. The second kappa shape index (κ2) is 4.60. The number of nitrogens with one attached hydrogen (secondary N) is 1. The summed E-state index contributed by atoms with van der Waals surface area (Å²) in [5.74, 6) is 0.839. The lowest BCUT2D eigenvalue weighted by Crippen LogP contribution is -2.13. The molecule has 0 spiro atoms. The smallest absolute Gasteiger partial charge is 0.316 e. The highest BCUT2D eigenvalue weighted by Crippen LogP contribution is 2.34. The molecule has 20 heavy (non-hydrogen) atoms. The van der Waals surface area contributed by atoms with E-state index in [1.165, 1.54) is 4.40 Å². The number of pyridine rings is 1. The van der Waals surface area contributed by atoms with E-state index in [2.05, 4.69) is 15.5 Å². The van der Waals surface area contributed by atoms with Gasteiger partial charge in [-0.15, -0.1) is 10.2 Å². The van der Waals surface area contributed by atoms with Crippen LogP contribution in [0.3, 0.4) is 0 Å². The maximum atomic E-state index is 12.9.